The predicted octanol–water partition coefficient (Wildman–Crippen LogP) is 5.20. The Hall–Kier alpha value is -2.22. The summed E-state index contributed by atoms with van der Waals surface area (Å²) in [6, 6.07) is 5.84. The summed E-state index contributed by atoms with van der Waals surface area (Å²) < 4.78 is 43.9. The zero-order valence-electron chi connectivity index (χ0n) is 18.1. The smallest absolute Gasteiger partial charge is 0.401 e. The first-order chi connectivity index (χ1) is 15.3. The molecule has 174 valence electrons. The van der Waals surface area contributed by atoms with Crippen molar-refractivity contribution in [1.29, 1.82) is 0 Å². The number of amides is 1. The molecule has 2 saturated carbocycles. The Morgan fingerprint density at radius 3 is 2.59 bits per heavy atom. The molecule has 5 nitrogen and oxygen atoms in total. The first kappa shape index (κ1) is 21.6. The number of H-pyrrole nitrogens is 1. The van der Waals surface area contributed by atoms with Crippen molar-refractivity contribution in [2.45, 2.75) is 44.7 Å². The molecule has 32 heavy (non-hydrogen) atoms. The summed E-state index contributed by atoms with van der Waals surface area (Å²) in [6.07, 6.45) is 3.68. The number of nitrogens with zero attached hydrogens (tertiary/aromatic N) is 1. The van der Waals surface area contributed by atoms with Crippen molar-refractivity contribution in [3.05, 3.63) is 24.4 Å². The largest absolute Gasteiger partial charge is 0.494 e. The molecule has 0 radical (unpaired) electrons. The van der Waals surface area contributed by atoms with Gasteiger partial charge in [0, 0.05) is 36.1 Å². The number of halogens is 3. The van der Waals surface area contributed by atoms with Crippen molar-refractivity contribution in [1.82, 2.24) is 9.88 Å². The fourth-order valence-corrected chi connectivity index (χ4v) is 5.68. The highest BCUT2D eigenvalue weighted by atomic mass is 19.4. The Labute approximate surface area is 185 Å². The normalized spacial score (nSPS) is 26.3. The molecule has 2 heterocycles. The molecule has 1 aliphatic heterocycles. The minimum absolute atomic E-state index is 0.0871. The van der Waals surface area contributed by atoms with Crippen LogP contribution in [0.25, 0.3) is 10.9 Å². The van der Waals surface area contributed by atoms with E-state index in [9.17, 15) is 18.0 Å². The van der Waals surface area contributed by atoms with E-state index in [1.165, 1.54) is 0 Å². The molecule has 5 rings (SSSR count). The van der Waals surface area contributed by atoms with E-state index < -0.39 is 12.7 Å². The average molecular weight is 450 g/mol. The van der Waals surface area contributed by atoms with Crippen LogP contribution in [0.3, 0.4) is 0 Å². The van der Waals surface area contributed by atoms with Gasteiger partial charge in [-0.1, -0.05) is 6.42 Å². The molecule has 0 bridgehead atoms. The molecule has 3 atom stereocenters. The first-order valence-corrected chi connectivity index (χ1v) is 11.7. The van der Waals surface area contributed by atoms with E-state index in [1.807, 2.05) is 24.4 Å². The molecule has 2 N–H and O–H groups in total. The number of anilines is 1. The van der Waals surface area contributed by atoms with Crippen molar-refractivity contribution < 1.29 is 22.7 Å². The van der Waals surface area contributed by atoms with Crippen molar-refractivity contribution in [2.75, 3.05) is 31.6 Å². The fraction of sp³-hybridized carbons (Fsp3) is 0.625. The Kier molecular flexibility index (Phi) is 5.82. The number of aromatic nitrogens is 1. The van der Waals surface area contributed by atoms with E-state index in [0.717, 1.165) is 60.9 Å². The molecule has 8 heteroatoms. The lowest BCUT2D eigenvalue weighted by Gasteiger charge is -2.23. The molecule has 1 saturated heterocycles. The number of likely N-dealkylation sites (tertiary alicyclic amines) is 1. The van der Waals surface area contributed by atoms with E-state index in [2.05, 4.69) is 10.3 Å². The predicted molar refractivity (Wildman–Crippen MR) is 117 cm³/mol. The lowest BCUT2D eigenvalue weighted by atomic mass is 9.85. The number of hydrogen-bond acceptors (Lipinski definition) is 3. The van der Waals surface area contributed by atoms with Crippen LogP contribution in [0.5, 0.6) is 5.75 Å². The number of rotatable bonds is 7. The van der Waals surface area contributed by atoms with Gasteiger partial charge in [0.1, 0.15) is 5.75 Å². The quantitative estimate of drug-likeness (QED) is 0.611. The molecule has 3 fully saturated rings. The number of hydrogen-bond donors (Lipinski definition) is 2. The van der Waals surface area contributed by atoms with Crippen LogP contribution in [0.4, 0.5) is 18.9 Å². The van der Waals surface area contributed by atoms with Gasteiger partial charge in [0.15, 0.2) is 0 Å². The molecule has 1 unspecified atom stereocenters. The zero-order chi connectivity index (χ0) is 22.3. The highest BCUT2D eigenvalue weighted by Gasteiger charge is 2.43. The van der Waals surface area contributed by atoms with E-state index in [0.29, 0.717) is 37.5 Å². The van der Waals surface area contributed by atoms with Crippen LogP contribution >= 0.6 is 0 Å². The van der Waals surface area contributed by atoms with Crippen molar-refractivity contribution in [2.24, 2.45) is 23.7 Å². The molecule has 1 aromatic heterocycles. The van der Waals surface area contributed by atoms with E-state index in [-0.39, 0.29) is 11.8 Å². The maximum absolute atomic E-state index is 12.6. The summed E-state index contributed by atoms with van der Waals surface area (Å²) in [5.74, 6) is 2.29. The van der Waals surface area contributed by atoms with Crippen LogP contribution in [-0.2, 0) is 4.79 Å². The number of benzene rings is 1. The van der Waals surface area contributed by atoms with Gasteiger partial charge in [-0.3, -0.25) is 9.69 Å². The van der Waals surface area contributed by atoms with Crippen LogP contribution in [-0.4, -0.2) is 48.2 Å². The lowest BCUT2D eigenvalue weighted by Crippen LogP contribution is -2.33. The Morgan fingerprint density at radius 1 is 1.19 bits per heavy atom. The number of alkyl halides is 3. The average Bonchev–Trinajstić information content (AvgIpc) is 3.32. The number of aromatic amines is 1. The van der Waals surface area contributed by atoms with E-state index in [1.54, 1.807) is 4.90 Å². The minimum atomic E-state index is -4.10. The monoisotopic (exact) mass is 449 g/mol. The third-order valence-corrected chi connectivity index (χ3v) is 7.51. The fourth-order valence-electron chi connectivity index (χ4n) is 5.68. The van der Waals surface area contributed by atoms with Gasteiger partial charge in [-0.15, -0.1) is 0 Å². The Bertz CT molecular complexity index is 955. The molecule has 2 aliphatic carbocycles. The minimum Gasteiger partial charge on any atom is -0.494 e. The third kappa shape index (κ3) is 4.75. The number of nitrogens with one attached hydrogen (secondary N) is 2. The summed E-state index contributed by atoms with van der Waals surface area (Å²) in [5.41, 5.74) is 1.74. The summed E-state index contributed by atoms with van der Waals surface area (Å²) in [4.78, 5) is 17.1. The lowest BCUT2D eigenvalue weighted by molar-refractivity contribution is -0.144. The Balaban J connectivity index is 1.11. The van der Waals surface area contributed by atoms with Gasteiger partial charge in [0.25, 0.3) is 0 Å². The van der Waals surface area contributed by atoms with Gasteiger partial charge >= 0.3 is 6.18 Å². The topological polar surface area (TPSA) is 57.4 Å². The summed E-state index contributed by atoms with van der Waals surface area (Å²) in [6.45, 7) is 0.955. The molecule has 0 spiro atoms. The van der Waals surface area contributed by atoms with Crippen LogP contribution in [0.1, 0.15) is 38.5 Å². The van der Waals surface area contributed by atoms with Crippen molar-refractivity contribution in [3.63, 3.8) is 0 Å². The van der Waals surface area contributed by atoms with Crippen LogP contribution < -0.4 is 10.1 Å². The molecular formula is C24H30F3N3O2. The second-order valence-corrected chi connectivity index (χ2v) is 9.83. The van der Waals surface area contributed by atoms with Gasteiger partial charge in [0.05, 0.1) is 18.8 Å². The number of carbonyl (C=O) groups is 1. The maximum atomic E-state index is 12.6. The van der Waals surface area contributed by atoms with E-state index in [4.69, 9.17) is 4.74 Å². The third-order valence-electron chi connectivity index (χ3n) is 7.51. The zero-order valence-corrected chi connectivity index (χ0v) is 18.1. The van der Waals surface area contributed by atoms with Crippen LogP contribution in [0.15, 0.2) is 24.4 Å². The number of fused-ring (bicyclic) bond motifs is 2. The molecular weight excluding hydrogens is 419 g/mol. The van der Waals surface area contributed by atoms with Crippen LogP contribution in [0.2, 0.25) is 0 Å². The van der Waals surface area contributed by atoms with E-state index >= 15 is 0 Å². The van der Waals surface area contributed by atoms with Crippen LogP contribution in [0, 0.1) is 23.7 Å². The van der Waals surface area contributed by atoms with Gasteiger partial charge in [-0.05, 0) is 68.1 Å². The summed E-state index contributed by atoms with van der Waals surface area (Å²) >= 11 is 0. The Morgan fingerprint density at radius 2 is 1.94 bits per heavy atom. The van der Waals surface area contributed by atoms with Gasteiger partial charge in [0.2, 0.25) is 5.91 Å². The molecule has 3 aliphatic rings. The number of carbonyl (C=O) groups excluding carboxylic acids is 1. The summed E-state index contributed by atoms with van der Waals surface area (Å²) in [7, 11) is 0. The second-order valence-electron chi connectivity index (χ2n) is 9.83. The van der Waals surface area contributed by atoms with Gasteiger partial charge < -0.3 is 15.0 Å². The maximum Gasteiger partial charge on any atom is 0.401 e. The van der Waals surface area contributed by atoms with Crippen molar-refractivity contribution >= 4 is 22.5 Å². The number of ether oxygens (including phenoxy) is 1. The van der Waals surface area contributed by atoms with Crippen molar-refractivity contribution in [3.8, 4) is 5.75 Å². The highest BCUT2D eigenvalue weighted by Crippen LogP contribution is 2.43. The summed E-state index contributed by atoms with van der Waals surface area (Å²) in [5, 5.41) is 3.98. The molecule has 2 aromatic rings. The standard InChI is InChI=1S/C24H30F3N3O2/c25-24(26,27)14-30-12-17-8-15(9-18(17)13-30)6-7-32-19-4-5-21-20(10-19)22(11-28-21)29-23(31)16-2-1-3-16/h4-5,10-11,15-18,28H,1-3,6-9,12-14H2,(H,29,31)/t15?,17-,18+. The van der Waals surface area contributed by atoms with Gasteiger partial charge in [-0.2, -0.15) is 13.2 Å². The second kappa shape index (κ2) is 8.61. The van der Waals surface area contributed by atoms with Gasteiger partial charge in [-0.25, -0.2) is 0 Å². The SMILES string of the molecule is O=C(Nc1c[nH]c2ccc(OCCC3C[C@@H]4CN(CC(F)(F)F)C[C@@H]4C3)cc12)C1CCC1. The first-order valence-electron chi connectivity index (χ1n) is 11.7. The highest BCUT2D eigenvalue weighted by molar-refractivity contribution is 6.02. The molecule has 1 amide bonds. The molecule has 1 aromatic carbocycles.